The summed E-state index contributed by atoms with van der Waals surface area (Å²) in [7, 11) is 2.19. The molecular weight excluding hydrogens is 196 g/mol. The van der Waals surface area contributed by atoms with E-state index in [9.17, 15) is 0 Å². The van der Waals surface area contributed by atoms with Gasteiger partial charge in [0.1, 0.15) is 0 Å². The summed E-state index contributed by atoms with van der Waals surface area (Å²) in [6, 6.07) is 0. The van der Waals surface area contributed by atoms with E-state index < -0.39 is 0 Å². The lowest BCUT2D eigenvalue weighted by molar-refractivity contribution is 0.135. The molecule has 0 aliphatic heterocycles. The van der Waals surface area contributed by atoms with Crippen molar-refractivity contribution < 1.29 is 0 Å². The first-order valence-electron chi connectivity index (χ1n) is 6.95. The highest BCUT2D eigenvalue weighted by molar-refractivity contribution is 4.83. The standard InChI is InChI=1S/C14H30N2/c1-5-16(4)11-10-15-12-13-8-6-7-9-14(13,2)3/h13,15H,5-12H2,1-4H3. The van der Waals surface area contributed by atoms with E-state index in [4.69, 9.17) is 0 Å². The third-order valence-electron chi connectivity index (χ3n) is 4.33. The molecule has 0 amide bonds. The third-order valence-corrected chi connectivity index (χ3v) is 4.33. The van der Waals surface area contributed by atoms with Crippen LogP contribution >= 0.6 is 0 Å². The highest BCUT2D eigenvalue weighted by Gasteiger charge is 2.31. The number of nitrogens with one attached hydrogen (secondary N) is 1. The lowest BCUT2D eigenvalue weighted by Crippen LogP contribution is -2.38. The number of rotatable bonds is 6. The molecule has 1 atom stereocenters. The van der Waals surface area contributed by atoms with Gasteiger partial charge in [0, 0.05) is 13.1 Å². The highest BCUT2D eigenvalue weighted by atomic mass is 15.1. The zero-order chi connectivity index (χ0) is 12.0. The summed E-state index contributed by atoms with van der Waals surface area (Å²) in [6.45, 7) is 11.8. The predicted octanol–water partition coefficient (Wildman–Crippen LogP) is 2.74. The van der Waals surface area contributed by atoms with Crippen LogP contribution < -0.4 is 5.32 Å². The van der Waals surface area contributed by atoms with Crippen molar-refractivity contribution in [3.63, 3.8) is 0 Å². The molecule has 1 fully saturated rings. The van der Waals surface area contributed by atoms with Gasteiger partial charge in [0.05, 0.1) is 0 Å². The van der Waals surface area contributed by atoms with Crippen molar-refractivity contribution in [2.75, 3.05) is 33.2 Å². The molecule has 0 heterocycles. The second-order valence-corrected chi connectivity index (χ2v) is 6.03. The maximum Gasteiger partial charge on any atom is 0.0104 e. The number of likely N-dealkylation sites (N-methyl/N-ethyl adjacent to an activating group) is 1. The van der Waals surface area contributed by atoms with Crippen LogP contribution in [0.4, 0.5) is 0 Å². The maximum atomic E-state index is 3.63. The molecule has 1 unspecified atom stereocenters. The molecule has 0 bridgehead atoms. The molecular formula is C14H30N2. The van der Waals surface area contributed by atoms with Gasteiger partial charge < -0.3 is 10.2 Å². The molecule has 0 aromatic carbocycles. The van der Waals surface area contributed by atoms with E-state index in [0.717, 1.165) is 19.0 Å². The largest absolute Gasteiger partial charge is 0.315 e. The Morgan fingerprint density at radius 1 is 1.31 bits per heavy atom. The number of hydrogen-bond acceptors (Lipinski definition) is 2. The molecule has 1 N–H and O–H groups in total. The van der Waals surface area contributed by atoms with Crippen LogP contribution in [0, 0.1) is 11.3 Å². The minimum atomic E-state index is 0.557. The molecule has 0 spiro atoms. The van der Waals surface area contributed by atoms with Gasteiger partial charge >= 0.3 is 0 Å². The normalized spacial score (nSPS) is 24.9. The molecule has 0 aromatic rings. The van der Waals surface area contributed by atoms with Gasteiger partial charge in [-0.05, 0) is 44.3 Å². The highest BCUT2D eigenvalue weighted by Crippen LogP contribution is 2.39. The monoisotopic (exact) mass is 226 g/mol. The molecule has 2 nitrogen and oxygen atoms in total. The minimum absolute atomic E-state index is 0.557. The Labute approximate surface area is 102 Å². The Morgan fingerprint density at radius 3 is 2.69 bits per heavy atom. The zero-order valence-corrected chi connectivity index (χ0v) is 11.7. The van der Waals surface area contributed by atoms with Gasteiger partial charge in [-0.2, -0.15) is 0 Å². The second-order valence-electron chi connectivity index (χ2n) is 6.03. The molecule has 2 heteroatoms. The summed E-state index contributed by atoms with van der Waals surface area (Å²) in [4.78, 5) is 2.36. The van der Waals surface area contributed by atoms with Crippen molar-refractivity contribution >= 4 is 0 Å². The van der Waals surface area contributed by atoms with Gasteiger partial charge in [-0.15, -0.1) is 0 Å². The summed E-state index contributed by atoms with van der Waals surface area (Å²) < 4.78 is 0. The average molecular weight is 226 g/mol. The van der Waals surface area contributed by atoms with Crippen molar-refractivity contribution in [2.24, 2.45) is 11.3 Å². The molecule has 0 aromatic heterocycles. The predicted molar refractivity (Wildman–Crippen MR) is 71.8 cm³/mol. The fourth-order valence-corrected chi connectivity index (χ4v) is 2.65. The molecule has 0 saturated heterocycles. The van der Waals surface area contributed by atoms with Gasteiger partial charge in [0.25, 0.3) is 0 Å². The van der Waals surface area contributed by atoms with Gasteiger partial charge in [-0.3, -0.25) is 0 Å². The van der Waals surface area contributed by atoms with E-state index in [1.165, 1.54) is 38.8 Å². The van der Waals surface area contributed by atoms with Gasteiger partial charge in [0.15, 0.2) is 0 Å². The Bertz CT molecular complexity index is 189. The quantitative estimate of drug-likeness (QED) is 0.701. The first-order valence-corrected chi connectivity index (χ1v) is 6.95. The topological polar surface area (TPSA) is 15.3 Å². The van der Waals surface area contributed by atoms with Crippen LogP contribution in [0.3, 0.4) is 0 Å². The van der Waals surface area contributed by atoms with Gasteiger partial charge in [0.2, 0.25) is 0 Å². The molecule has 1 aliphatic rings. The number of hydrogen-bond donors (Lipinski definition) is 1. The third kappa shape index (κ3) is 4.42. The van der Waals surface area contributed by atoms with Crippen LogP contribution in [0.25, 0.3) is 0 Å². The summed E-state index contributed by atoms with van der Waals surface area (Å²) >= 11 is 0. The zero-order valence-electron chi connectivity index (χ0n) is 11.7. The summed E-state index contributed by atoms with van der Waals surface area (Å²) in [5.74, 6) is 0.883. The van der Waals surface area contributed by atoms with Crippen molar-refractivity contribution in [2.45, 2.75) is 46.5 Å². The van der Waals surface area contributed by atoms with Crippen molar-refractivity contribution in [1.29, 1.82) is 0 Å². The Kier molecular flexibility index (Phi) is 5.77. The van der Waals surface area contributed by atoms with E-state index in [0.29, 0.717) is 5.41 Å². The smallest absolute Gasteiger partial charge is 0.0104 e. The van der Waals surface area contributed by atoms with E-state index >= 15 is 0 Å². The Balaban J connectivity index is 2.16. The van der Waals surface area contributed by atoms with E-state index in [1.54, 1.807) is 0 Å². The maximum absolute atomic E-state index is 3.63. The van der Waals surface area contributed by atoms with E-state index in [-0.39, 0.29) is 0 Å². The Hall–Kier alpha value is -0.0800. The minimum Gasteiger partial charge on any atom is -0.315 e. The first-order chi connectivity index (χ1) is 7.56. The molecule has 0 radical (unpaired) electrons. The molecule has 1 saturated carbocycles. The van der Waals surface area contributed by atoms with Gasteiger partial charge in [-0.25, -0.2) is 0 Å². The lowest BCUT2D eigenvalue weighted by atomic mass is 9.69. The second kappa shape index (κ2) is 6.61. The summed E-state index contributed by atoms with van der Waals surface area (Å²) in [6.07, 6.45) is 5.70. The summed E-state index contributed by atoms with van der Waals surface area (Å²) in [5.41, 5.74) is 0.557. The molecule has 16 heavy (non-hydrogen) atoms. The Morgan fingerprint density at radius 2 is 2.06 bits per heavy atom. The van der Waals surface area contributed by atoms with Crippen LogP contribution in [-0.2, 0) is 0 Å². The van der Waals surface area contributed by atoms with Crippen molar-refractivity contribution in [1.82, 2.24) is 10.2 Å². The van der Waals surface area contributed by atoms with Crippen LogP contribution in [0.5, 0.6) is 0 Å². The number of nitrogens with zero attached hydrogens (tertiary/aromatic N) is 1. The SMILES string of the molecule is CCN(C)CCNCC1CCCCC1(C)C. The van der Waals surface area contributed by atoms with Gasteiger partial charge in [-0.1, -0.05) is 33.6 Å². The fraction of sp³-hybridized carbons (Fsp3) is 1.00. The van der Waals surface area contributed by atoms with Crippen LogP contribution in [-0.4, -0.2) is 38.1 Å². The first kappa shape index (κ1) is 14.0. The molecule has 96 valence electrons. The van der Waals surface area contributed by atoms with E-state index in [2.05, 4.69) is 38.0 Å². The van der Waals surface area contributed by atoms with Crippen molar-refractivity contribution in [3.8, 4) is 0 Å². The summed E-state index contributed by atoms with van der Waals surface area (Å²) in [5, 5.41) is 3.63. The average Bonchev–Trinajstić information content (AvgIpc) is 2.25. The van der Waals surface area contributed by atoms with Crippen molar-refractivity contribution in [3.05, 3.63) is 0 Å². The van der Waals surface area contributed by atoms with Crippen LogP contribution in [0.15, 0.2) is 0 Å². The van der Waals surface area contributed by atoms with Crippen LogP contribution in [0.2, 0.25) is 0 Å². The molecule has 1 rings (SSSR count). The molecule has 1 aliphatic carbocycles. The fourth-order valence-electron chi connectivity index (χ4n) is 2.65. The van der Waals surface area contributed by atoms with E-state index in [1.807, 2.05) is 0 Å². The lowest BCUT2D eigenvalue weighted by Gasteiger charge is -2.39. The van der Waals surface area contributed by atoms with Crippen LogP contribution in [0.1, 0.15) is 46.5 Å².